The summed E-state index contributed by atoms with van der Waals surface area (Å²) in [5.74, 6) is -0.963. The van der Waals surface area contributed by atoms with Gasteiger partial charge in [0.1, 0.15) is 0 Å². The minimum absolute atomic E-state index is 0.0124. The van der Waals surface area contributed by atoms with Crippen LogP contribution in [-0.2, 0) is 4.79 Å². The van der Waals surface area contributed by atoms with Crippen molar-refractivity contribution in [3.8, 4) is 0 Å². The summed E-state index contributed by atoms with van der Waals surface area (Å²) < 4.78 is 5.76. The van der Waals surface area contributed by atoms with Gasteiger partial charge in [-0.15, -0.1) is 0 Å². The zero-order valence-electron chi connectivity index (χ0n) is 11.2. The summed E-state index contributed by atoms with van der Waals surface area (Å²) in [6.07, 6.45) is 0.385. The van der Waals surface area contributed by atoms with Gasteiger partial charge >= 0.3 is 5.97 Å². The summed E-state index contributed by atoms with van der Waals surface area (Å²) in [7, 11) is 0. The third-order valence-electron chi connectivity index (χ3n) is 2.87. The maximum absolute atomic E-state index is 12.5. The molecule has 0 unspecified atom stereocenters. The van der Waals surface area contributed by atoms with Crippen LogP contribution in [0.25, 0.3) is 0 Å². The predicted molar refractivity (Wildman–Crippen MR) is 81.4 cm³/mol. The molecule has 2 rings (SSSR count). The molecule has 2 aromatic rings. The van der Waals surface area contributed by atoms with E-state index < -0.39 is 5.97 Å². The van der Waals surface area contributed by atoms with E-state index >= 15 is 0 Å². The first-order valence-electron chi connectivity index (χ1n) is 6.42. The predicted octanol–water partition coefficient (Wildman–Crippen LogP) is 3.55. The molecule has 0 aliphatic heterocycles. The number of rotatable bonds is 6. The Bertz CT molecular complexity index is 624. The van der Waals surface area contributed by atoms with Crippen LogP contribution >= 0.6 is 15.9 Å². The van der Waals surface area contributed by atoms with Crippen molar-refractivity contribution in [2.24, 2.45) is 0 Å². The first-order chi connectivity index (χ1) is 10.1. The second-order valence-corrected chi connectivity index (χ2v) is 5.17. The SMILES string of the molecule is O=C(O)CCCN(C(=O)c1ccc(Br)o1)c1ccccc1. The second-order valence-electron chi connectivity index (χ2n) is 4.39. The number of carbonyl (C=O) groups is 2. The summed E-state index contributed by atoms with van der Waals surface area (Å²) >= 11 is 3.16. The van der Waals surface area contributed by atoms with E-state index in [9.17, 15) is 9.59 Å². The number of amides is 1. The fourth-order valence-corrected chi connectivity index (χ4v) is 2.21. The minimum atomic E-state index is -0.879. The lowest BCUT2D eigenvalue weighted by Crippen LogP contribution is -2.31. The number of nitrogens with zero attached hydrogens (tertiary/aromatic N) is 1. The molecule has 110 valence electrons. The monoisotopic (exact) mass is 351 g/mol. The van der Waals surface area contributed by atoms with Crippen molar-refractivity contribution in [1.29, 1.82) is 0 Å². The molecule has 0 atom stereocenters. The Kier molecular flexibility index (Phi) is 5.16. The Morgan fingerprint density at radius 3 is 2.43 bits per heavy atom. The van der Waals surface area contributed by atoms with Gasteiger partial charge in [0, 0.05) is 18.7 Å². The Morgan fingerprint density at radius 2 is 1.86 bits per heavy atom. The lowest BCUT2D eigenvalue weighted by molar-refractivity contribution is -0.137. The average molecular weight is 352 g/mol. The van der Waals surface area contributed by atoms with E-state index in [4.69, 9.17) is 9.52 Å². The van der Waals surface area contributed by atoms with Gasteiger partial charge in [-0.05, 0) is 46.6 Å². The number of para-hydroxylation sites is 1. The van der Waals surface area contributed by atoms with Crippen molar-refractivity contribution in [2.75, 3.05) is 11.4 Å². The quantitative estimate of drug-likeness (QED) is 0.863. The molecule has 0 saturated heterocycles. The van der Waals surface area contributed by atoms with Crippen LogP contribution < -0.4 is 4.90 Å². The molecule has 1 heterocycles. The van der Waals surface area contributed by atoms with Gasteiger partial charge in [0.2, 0.25) is 0 Å². The van der Waals surface area contributed by atoms with Crippen LogP contribution in [0.1, 0.15) is 23.4 Å². The molecule has 0 saturated carbocycles. The van der Waals surface area contributed by atoms with Gasteiger partial charge in [-0.2, -0.15) is 0 Å². The average Bonchev–Trinajstić information content (AvgIpc) is 2.90. The number of benzene rings is 1. The van der Waals surface area contributed by atoms with Gasteiger partial charge in [-0.1, -0.05) is 18.2 Å². The number of carbonyl (C=O) groups excluding carboxylic acids is 1. The third kappa shape index (κ3) is 4.19. The lowest BCUT2D eigenvalue weighted by atomic mass is 10.2. The number of carboxylic acids is 1. The molecular weight excluding hydrogens is 338 g/mol. The van der Waals surface area contributed by atoms with Crippen molar-refractivity contribution >= 4 is 33.5 Å². The summed E-state index contributed by atoms with van der Waals surface area (Å²) in [5, 5.41) is 8.73. The molecule has 0 fully saturated rings. The highest BCUT2D eigenvalue weighted by atomic mass is 79.9. The molecule has 5 nitrogen and oxygen atoms in total. The van der Waals surface area contributed by atoms with Crippen LogP contribution in [0.15, 0.2) is 51.6 Å². The fourth-order valence-electron chi connectivity index (χ4n) is 1.91. The zero-order chi connectivity index (χ0) is 15.2. The van der Waals surface area contributed by atoms with Gasteiger partial charge in [0.05, 0.1) is 0 Å². The molecule has 6 heteroatoms. The number of anilines is 1. The summed E-state index contributed by atoms with van der Waals surface area (Å²) in [6.45, 7) is 0.313. The number of halogens is 1. The van der Waals surface area contributed by atoms with Crippen LogP contribution in [0.3, 0.4) is 0 Å². The molecule has 1 amide bonds. The van der Waals surface area contributed by atoms with Gasteiger partial charge in [-0.25, -0.2) is 0 Å². The fraction of sp³-hybridized carbons (Fsp3) is 0.200. The largest absolute Gasteiger partial charge is 0.481 e. The molecule has 21 heavy (non-hydrogen) atoms. The van der Waals surface area contributed by atoms with E-state index in [0.29, 0.717) is 23.3 Å². The zero-order valence-corrected chi connectivity index (χ0v) is 12.7. The van der Waals surface area contributed by atoms with Crippen molar-refractivity contribution in [1.82, 2.24) is 0 Å². The maximum Gasteiger partial charge on any atom is 0.303 e. The topological polar surface area (TPSA) is 70.8 Å². The van der Waals surface area contributed by atoms with E-state index in [0.717, 1.165) is 0 Å². The van der Waals surface area contributed by atoms with Gasteiger partial charge < -0.3 is 14.4 Å². The first kappa shape index (κ1) is 15.3. The van der Waals surface area contributed by atoms with E-state index in [-0.39, 0.29) is 18.1 Å². The van der Waals surface area contributed by atoms with E-state index in [1.54, 1.807) is 24.3 Å². The van der Waals surface area contributed by atoms with E-state index in [1.165, 1.54) is 4.90 Å². The van der Waals surface area contributed by atoms with Crippen LogP contribution in [0.4, 0.5) is 5.69 Å². The van der Waals surface area contributed by atoms with Crippen molar-refractivity contribution < 1.29 is 19.1 Å². The molecule has 0 bridgehead atoms. The van der Waals surface area contributed by atoms with Crippen molar-refractivity contribution in [3.63, 3.8) is 0 Å². The van der Waals surface area contributed by atoms with Gasteiger partial charge in [0.15, 0.2) is 10.4 Å². The summed E-state index contributed by atoms with van der Waals surface area (Å²) in [5.41, 5.74) is 0.709. The normalized spacial score (nSPS) is 10.3. The molecule has 1 N–H and O–H groups in total. The van der Waals surface area contributed by atoms with Crippen LogP contribution in [0, 0.1) is 0 Å². The second kappa shape index (κ2) is 7.08. The van der Waals surface area contributed by atoms with Crippen molar-refractivity contribution in [2.45, 2.75) is 12.8 Å². The first-order valence-corrected chi connectivity index (χ1v) is 7.21. The van der Waals surface area contributed by atoms with Crippen LogP contribution in [0.2, 0.25) is 0 Å². The summed E-state index contributed by atoms with van der Waals surface area (Å²) in [6, 6.07) is 12.3. The van der Waals surface area contributed by atoms with Crippen molar-refractivity contribution in [3.05, 3.63) is 52.9 Å². The number of furan rings is 1. The smallest absolute Gasteiger partial charge is 0.303 e. The Balaban J connectivity index is 2.19. The van der Waals surface area contributed by atoms with Crippen LogP contribution in [-0.4, -0.2) is 23.5 Å². The highest BCUT2D eigenvalue weighted by molar-refractivity contribution is 9.10. The molecular formula is C15H14BrNO4. The minimum Gasteiger partial charge on any atom is -0.481 e. The Morgan fingerprint density at radius 1 is 1.14 bits per heavy atom. The Hall–Kier alpha value is -2.08. The molecule has 0 spiro atoms. The third-order valence-corrected chi connectivity index (χ3v) is 3.30. The van der Waals surface area contributed by atoms with Gasteiger partial charge in [0.25, 0.3) is 5.91 Å². The highest BCUT2D eigenvalue weighted by Crippen LogP contribution is 2.21. The number of aliphatic carboxylic acids is 1. The van der Waals surface area contributed by atoms with E-state index in [2.05, 4.69) is 15.9 Å². The van der Waals surface area contributed by atoms with E-state index in [1.807, 2.05) is 18.2 Å². The highest BCUT2D eigenvalue weighted by Gasteiger charge is 2.20. The molecule has 0 aliphatic rings. The molecule has 1 aromatic carbocycles. The lowest BCUT2D eigenvalue weighted by Gasteiger charge is -2.21. The summed E-state index contributed by atoms with van der Waals surface area (Å²) in [4.78, 5) is 24.7. The molecule has 0 radical (unpaired) electrons. The number of hydrogen-bond donors (Lipinski definition) is 1. The Labute approximate surface area is 130 Å². The standard InChI is InChI=1S/C15H14BrNO4/c16-13-9-8-12(21-13)15(20)17(10-4-7-14(18)19)11-5-2-1-3-6-11/h1-3,5-6,8-9H,4,7,10H2,(H,18,19). The molecule has 1 aromatic heterocycles. The molecule has 0 aliphatic carbocycles. The number of hydrogen-bond acceptors (Lipinski definition) is 3. The maximum atomic E-state index is 12.5. The number of carboxylic acid groups (broad SMARTS) is 1. The van der Waals surface area contributed by atoms with Crippen LogP contribution in [0.5, 0.6) is 0 Å². The van der Waals surface area contributed by atoms with Gasteiger partial charge in [-0.3, -0.25) is 9.59 Å².